The van der Waals surface area contributed by atoms with Crippen LogP contribution in [0.2, 0.25) is 0 Å². The third-order valence-corrected chi connectivity index (χ3v) is 6.63. The molecule has 1 atom stereocenters. The molecule has 2 aromatic heterocycles. The van der Waals surface area contributed by atoms with Crippen LogP contribution in [0.15, 0.2) is 48.8 Å². The first kappa shape index (κ1) is 21.5. The number of aromatic nitrogens is 2. The van der Waals surface area contributed by atoms with Crippen LogP contribution in [0.1, 0.15) is 42.8 Å². The molecule has 4 rings (SSSR count). The number of carbonyl (C=O) groups is 1. The maximum absolute atomic E-state index is 12.6. The number of thiophene rings is 1. The Morgan fingerprint density at radius 1 is 1.23 bits per heavy atom. The zero-order chi connectivity index (χ0) is 21.8. The van der Waals surface area contributed by atoms with Crippen molar-refractivity contribution >= 4 is 33.3 Å². The van der Waals surface area contributed by atoms with E-state index in [9.17, 15) is 4.79 Å². The Kier molecular flexibility index (Phi) is 6.63. The maximum Gasteiger partial charge on any atom is 0.246 e. The lowest BCUT2D eigenvalue weighted by atomic mass is 10.0. The molecule has 0 radical (unpaired) electrons. The summed E-state index contributed by atoms with van der Waals surface area (Å²) in [6.45, 7) is 8.37. The van der Waals surface area contributed by atoms with E-state index in [1.54, 1.807) is 23.7 Å². The Morgan fingerprint density at radius 3 is 2.81 bits per heavy atom. The highest BCUT2D eigenvalue weighted by atomic mass is 32.1. The SMILES string of the molecule is CC(C)NC/C=C/C(=O)N1CCc2c(sc3ncnc(N[C@H](C)c4ccccc4)c23)C1. The molecule has 1 aliphatic rings. The number of nitrogens with zero attached hydrogens (tertiary/aromatic N) is 3. The van der Waals surface area contributed by atoms with E-state index in [1.807, 2.05) is 17.0 Å². The molecular formula is C24H29N5OS. The second-order valence-corrected chi connectivity index (χ2v) is 9.24. The molecule has 6 nitrogen and oxygen atoms in total. The van der Waals surface area contributed by atoms with Gasteiger partial charge in [-0.05, 0) is 24.5 Å². The summed E-state index contributed by atoms with van der Waals surface area (Å²) in [6, 6.07) is 10.9. The summed E-state index contributed by atoms with van der Waals surface area (Å²) in [5, 5.41) is 7.97. The lowest BCUT2D eigenvalue weighted by Gasteiger charge is -2.26. The molecule has 31 heavy (non-hydrogen) atoms. The number of hydrogen-bond donors (Lipinski definition) is 2. The maximum atomic E-state index is 12.6. The van der Waals surface area contributed by atoms with Gasteiger partial charge in [-0.15, -0.1) is 11.3 Å². The van der Waals surface area contributed by atoms with Crippen LogP contribution in [0, 0.1) is 0 Å². The molecule has 1 aromatic carbocycles. The highest BCUT2D eigenvalue weighted by Crippen LogP contribution is 2.38. The van der Waals surface area contributed by atoms with Gasteiger partial charge in [0.2, 0.25) is 5.91 Å². The molecule has 0 fully saturated rings. The molecule has 0 saturated heterocycles. The van der Waals surface area contributed by atoms with Gasteiger partial charge >= 0.3 is 0 Å². The van der Waals surface area contributed by atoms with Gasteiger partial charge in [0, 0.05) is 36.1 Å². The van der Waals surface area contributed by atoms with Crippen LogP contribution >= 0.6 is 11.3 Å². The molecule has 0 saturated carbocycles. The summed E-state index contributed by atoms with van der Waals surface area (Å²) in [5.41, 5.74) is 2.49. The minimum atomic E-state index is 0.0656. The molecule has 1 amide bonds. The Hall–Kier alpha value is -2.77. The zero-order valence-electron chi connectivity index (χ0n) is 18.3. The molecule has 0 spiro atoms. The van der Waals surface area contributed by atoms with E-state index in [4.69, 9.17) is 0 Å². The number of nitrogens with one attached hydrogen (secondary N) is 2. The molecule has 2 N–H and O–H groups in total. The average Bonchev–Trinajstić information content (AvgIpc) is 3.15. The molecule has 3 heterocycles. The number of fused-ring (bicyclic) bond motifs is 3. The summed E-state index contributed by atoms with van der Waals surface area (Å²) < 4.78 is 0. The van der Waals surface area contributed by atoms with Crippen molar-refractivity contribution < 1.29 is 4.79 Å². The Bertz CT molecular complexity index is 1080. The predicted molar refractivity (Wildman–Crippen MR) is 127 cm³/mol. The number of anilines is 1. The minimum Gasteiger partial charge on any atom is -0.363 e. The first-order chi connectivity index (χ1) is 15.0. The molecule has 162 valence electrons. The largest absolute Gasteiger partial charge is 0.363 e. The van der Waals surface area contributed by atoms with Gasteiger partial charge in [-0.25, -0.2) is 9.97 Å². The monoisotopic (exact) mass is 435 g/mol. The third-order valence-electron chi connectivity index (χ3n) is 5.51. The van der Waals surface area contributed by atoms with Gasteiger partial charge < -0.3 is 15.5 Å². The standard InChI is InChI=1S/C24H29N5OS/c1-16(2)25-12-7-10-21(30)29-13-11-19-20(14-29)31-24-22(19)23(26-15-27-24)28-17(3)18-8-5-4-6-9-18/h4-10,15-17,25H,11-14H2,1-3H3,(H,26,27,28)/b10-7+/t17-/m1/s1. The highest BCUT2D eigenvalue weighted by molar-refractivity contribution is 7.19. The number of carbonyl (C=O) groups excluding carboxylic acids is 1. The molecule has 3 aromatic rings. The Labute approximate surface area is 187 Å². The van der Waals surface area contributed by atoms with E-state index in [2.05, 4.69) is 65.6 Å². The first-order valence-corrected chi connectivity index (χ1v) is 11.6. The van der Waals surface area contributed by atoms with Crippen molar-refractivity contribution in [2.75, 3.05) is 18.4 Å². The van der Waals surface area contributed by atoms with E-state index < -0.39 is 0 Å². The lowest BCUT2D eigenvalue weighted by molar-refractivity contribution is -0.126. The Balaban J connectivity index is 1.51. The summed E-state index contributed by atoms with van der Waals surface area (Å²) in [4.78, 5) is 25.8. The lowest BCUT2D eigenvalue weighted by Crippen LogP contribution is -2.34. The predicted octanol–water partition coefficient (Wildman–Crippen LogP) is 4.30. The zero-order valence-corrected chi connectivity index (χ0v) is 19.1. The van der Waals surface area contributed by atoms with Gasteiger partial charge in [0.1, 0.15) is 17.0 Å². The molecule has 0 unspecified atom stereocenters. The average molecular weight is 436 g/mol. The number of benzene rings is 1. The minimum absolute atomic E-state index is 0.0656. The molecule has 7 heteroatoms. The van der Waals surface area contributed by atoms with Crippen molar-refractivity contribution in [1.29, 1.82) is 0 Å². The Morgan fingerprint density at radius 2 is 2.03 bits per heavy atom. The first-order valence-electron chi connectivity index (χ1n) is 10.8. The topological polar surface area (TPSA) is 70.2 Å². The van der Waals surface area contributed by atoms with Gasteiger partial charge in [-0.2, -0.15) is 0 Å². The van der Waals surface area contributed by atoms with Crippen LogP contribution in [-0.4, -0.2) is 39.9 Å². The van der Waals surface area contributed by atoms with Crippen molar-refractivity contribution in [1.82, 2.24) is 20.2 Å². The van der Waals surface area contributed by atoms with Crippen molar-refractivity contribution in [3.8, 4) is 0 Å². The van der Waals surface area contributed by atoms with E-state index in [1.165, 1.54) is 16.0 Å². The summed E-state index contributed by atoms with van der Waals surface area (Å²) in [5.74, 6) is 0.939. The quantitative estimate of drug-likeness (QED) is 0.542. The second kappa shape index (κ2) is 9.58. The van der Waals surface area contributed by atoms with Gasteiger partial charge in [0.15, 0.2) is 0 Å². The molecule has 0 bridgehead atoms. The molecule has 1 aliphatic heterocycles. The van der Waals surface area contributed by atoms with E-state index in [0.717, 1.165) is 22.5 Å². The van der Waals surface area contributed by atoms with Crippen LogP contribution < -0.4 is 10.6 Å². The van der Waals surface area contributed by atoms with Crippen LogP contribution in [0.25, 0.3) is 10.2 Å². The summed E-state index contributed by atoms with van der Waals surface area (Å²) in [6.07, 6.45) is 6.03. The highest BCUT2D eigenvalue weighted by Gasteiger charge is 2.25. The normalized spacial score (nSPS) is 14.9. The fourth-order valence-corrected chi connectivity index (χ4v) is 5.03. The number of amides is 1. The van der Waals surface area contributed by atoms with Gasteiger partial charge in [-0.1, -0.05) is 50.3 Å². The van der Waals surface area contributed by atoms with Gasteiger partial charge in [0.05, 0.1) is 11.9 Å². The van der Waals surface area contributed by atoms with Crippen LogP contribution in [0.5, 0.6) is 0 Å². The van der Waals surface area contributed by atoms with Crippen molar-refractivity contribution in [3.05, 3.63) is 64.8 Å². The summed E-state index contributed by atoms with van der Waals surface area (Å²) >= 11 is 1.67. The molecule has 0 aliphatic carbocycles. The third kappa shape index (κ3) is 4.94. The van der Waals surface area contributed by atoms with Crippen LogP contribution in [0.4, 0.5) is 5.82 Å². The second-order valence-electron chi connectivity index (χ2n) is 8.16. The van der Waals surface area contributed by atoms with Crippen molar-refractivity contribution in [3.63, 3.8) is 0 Å². The van der Waals surface area contributed by atoms with Gasteiger partial charge in [-0.3, -0.25) is 4.79 Å². The van der Waals surface area contributed by atoms with E-state index in [-0.39, 0.29) is 11.9 Å². The fourth-order valence-electron chi connectivity index (χ4n) is 3.82. The molecular weight excluding hydrogens is 406 g/mol. The van der Waals surface area contributed by atoms with Crippen molar-refractivity contribution in [2.45, 2.75) is 45.8 Å². The smallest absolute Gasteiger partial charge is 0.246 e. The van der Waals surface area contributed by atoms with Crippen LogP contribution in [0.3, 0.4) is 0 Å². The van der Waals surface area contributed by atoms with E-state index in [0.29, 0.717) is 25.7 Å². The van der Waals surface area contributed by atoms with E-state index >= 15 is 0 Å². The van der Waals surface area contributed by atoms with Crippen LogP contribution in [-0.2, 0) is 17.8 Å². The van der Waals surface area contributed by atoms with Gasteiger partial charge in [0.25, 0.3) is 0 Å². The number of hydrogen-bond acceptors (Lipinski definition) is 6. The fraction of sp³-hybridized carbons (Fsp3) is 0.375. The van der Waals surface area contributed by atoms with Crippen molar-refractivity contribution in [2.24, 2.45) is 0 Å². The summed E-state index contributed by atoms with van der Waals surface area (Å²) in [7, 11) is 0. The number of rotatable bonds is 7.